The van der Waals surface area contributed by atoms with E-state index in [4.69, 9.17) is 11.6 Å². The topological polar surface area (TPSA) is 75.7 Å². The van der Waals surface area contributed by atoms with Gasteiger partial charge < -0.3 is 5.11 Å². The number of hydrogen-bond donors (Lipinski definition) is 1. The maximum absolute atomic E-state index is 11.1. The van der Waals surface area contributed by atoms with E-state index in [1.54, 1.807) is 24.9 Å². The predicted octanol–water partition coefficient (Wildman–Crippen LogP) is 2.77. The lowest BCUT2D eigenvalue weighted by Gasteiger charge is -2.27. The summed E-state index contributed by atoms with van der Waals surface area (Å²) in [4.78, 5) is 14.7. The Bertz CT molecular complexity index is 649. The molecular weight excluding hydrogens is 300 g/mol. The first-order valence-electron chi connectivity index (χ1n) is 6.22. The average molecular weight is 313 g/mol. The van der Waals surface area contributed by atoms with Gasteiger partial charge >= 0.3 is 0 Å². The Balaban J connectivity index is 2.18. The Morgan fingerprint density at radius 3 is 2.90 bits per heavy atom. The van der Waals surface area contributed by atoms with Crippen molar-refractivity contribution in [2.75, 3.05) is 7.05 Å². The minimum atomic E-state index is -1.09. The van der Waals surface area contributed by atoms with Crippen molar-refractivity contribution in [1.82, 2.24) is 0 Å². The fourth-order valence-corrected chi connectivity index (χ4v) is 4.95. The van der Waals surface area contributed by atoms with Crippen molar-refractivity contribution >= 4 is 34.1 Å². The summed E-state index contributed by atoms with van der Waals surface area (Å²) >= 11 is 7.50. The third kappa shape index (κ3) is 1.65. The van der Waals surface area contributed by atoms with E-state index in [9.17, 15) is 15.2 Å². The third-order valence-corrected chi connectivity index (χ3v) is 6.10. The lowest BCUT2D eigenvalue weighted by Crippen LogP contribution is -2.36. The van der Waals surface area contributed by atoms with E-state index in [2.05, 4.69) is 4.99 Å². The zero-order chi connectivity index (χ0) is 14.7. The molecule has 2 aliphatic rings. The van der Waals surface area contributed by atoms with E-state index in [0.717, 1.165) is 10.6 Å². The van der Waals surface area contributed by atoms with Gasteiger partial charge in [-0.3, -0.25) is 15.1 Å². The number of aliphatic hydroxyl groups is 1. The van der Waals surface area contributed by atoms with Crippen LogP contribution in [0.4, 0.5) is 5.69 Å². The van der Waals surface area contributed by atoms with Gasteiger partial charge in [0.1, 0.15) is 10.6 Å². The smallest absolute Gasteiger partial charge is 0.288 e. The Morgan fingerprint density at radius 2 is 2.30 bits per heavy atom. The molecule has 1 heterocycles. The van der Waals surface area contributed by atoms with Crippen molar-refractivity contribution in [2.24, 2.45) is 10.9 Å². The predicted molar refractivity (Wildman–Crippen MR) is 79.6 cm³/mol. The molecular formula is C13H13ClN2O3S. The van der Waals surface area contributed by atoms with Crippen LogP contribution in [-0.4, -0.2) is 27.4 Å². The lowest BCUT2D eigenvalue weighted by molar-refractivity contribution is -0.384. The van der Waals surface area contributed by atoms with Crippen LogP contribution in [0.25, 0.3) is 0 Å². The van der Waals surface area contributed by atoms with Gasteiger partial charge in [0.25, 0.3) is 5.69 Å². The normalized spacial score (nSPS) is 33.3. The Morgan fingerprint density at radius 1 is 1.60 bits per heavy atom. The van der Waals surface area contributed by atoms with Crippen LogP contribution >= 0.6 is 23.4 Å². The van der Waals surface area contributed by atoms with Crippen LogP contribution < -0.4 is 0 Å². The molecule has 0 radical (unpaired) electrons. The average Bonchev–Trinajstić information content (AvgIpc) is 2.79. The maximum Gasteiger partial charge on any atom is 0.288 e. The Kier molecular flexibility index (Phi) is 3.08. The molecule has 0 spiro atoms. The number of halogens is 1. The summed E-state index contributed by atoms with van der Waals surface area (Å²) < 4.78 is 0. The molecule has 1 aliphatic carbocycles. The Labute approximate surface area is 125 Å². The number of nitro groups is 1. The number of fused-ring (bicyclic) bond motifs is 3. The first kappa shape index (κ1) is 13.9. The third-order valence-electron chi connectivity index (χ3n) is 4.21. The zero-order valence-electron chi connectivity index (χ0n) is 11.0. The summed E-state index contributed by atoms with van der Waals surface area (Å²) in [6.45, 7) is 1.91. The summed E-state index contributed by atoms with van der Waals surface area (Å²) in [5.41, 5.74) is 0.267. The van der Waals surface area contributed by atoms with Gasteiger partial charge in [0.15, 0.2) is 0 Å². The number of benzene rings is 1. The van der Waals surface area contributed by atoms with E-state index in [1.807, 2.05) is 6.92 Å². The van der Waals surface area contributed by atoms with Gasteiger partial charge in [0, 0.05) is 24.3 Å². The molecule has 0 aromatic heterocycles. The van der Waals surface area contributed by atoms with Crippen molar-refractivity contribution in [2.45, 2.75) is 24.2 Å². The molecule has 106 valence electrons. The first-order chi connectivity index (χ1) is 9.39. The quantitative estimate of drug-likeness (QED) is 0.639. The summed E-state index contributed by atoms with van der Waals surface area (Å²) in [5.74, 6) is -0.162. The number of rotatable bonds is 1. The van der Waals surface area contributed by atoms with Crippen molar-refractivity contribution in [3.63, 3.8) is 0 Å². The van der Waals surface area contributed by atoms with Crippen molar-refractivity contribution in [1.29, 1.82) is 0 Å². The number of hydrogen-bond acceptors (Lipinski definition) is 5. The van der Waals surface area contributed by atoms with E-state index in [-0.39, 0.29) is 21.9 Å². The second-order valence-corrected chi connectivity index (χ2v) is 6.77. The van der Waals surface area contributed by atoms with Crippen LogP contribution in [0, 0.1) is 16.0 Å². The van der Waals surface area contributed by atoms with Crippen LogP contribution in [-0.2, 0) is 12.0 Å². The van der Waals surface area contributed by atoms with E-state index in [1.165, 1.54) is 6.07 Å². The molecule has 20 heavy (non-hydrogen) atoms. The fraction of sp³-hybridized carbons (Fsp3) is 0.462. The molecule has 5 nitrogen and oxygen atoms in total. The van der Waals surface area contributed by atoms with Gasteiger partial charge in [0.2, 0.25) is 0 Å². The minimum Gasteiger partial charge on any atom is -0.383 e. The molecule has 1 aromatic rings. The SMILES string of the molecule is CN=C1SC2Cc3cc(Cl)c([N+](=O)[O-])cc3C2(O)C1C. The number of nitrogens with zero attached hydrogens (tertiary/aromatic N) is 2. The van der Waals surface area contributed by atoms with E-state index in [0.29, 0.717) is 12.0 Å². The largest absolute Gasteiger partial charge is 0.383 e. The van der Waals surface area contributed by atoms with Gasteiger partial charge in [0.05, 0.1) is 9.97 Å². The van der Waals surface area contributed by atoms with Crippen molar-refractivity contribution in [3.8, 4) is 0 Å². The highest BCUT2D eigenvalue weighted by molar-refractivity contribution is 8.15. The second-order valence-electron chi connectivity index (χ2n) is 5.14. The minimum absolute atomic E-state index is 0.0516. The molecule has 7 heteroatoms. The van der Waals surface area contributed by atoms with Gasteiger partial charge in [-0.05, 0) is 23.6 Å². The standard InChI is InChI=1S/C13H13ClN2O3S/c1-6-12(15-2)20-11-4-7-3-9(14)10(16(18)19)5-8(7)13(6,11)17/h3,5-6,11,17H,4H2,1-2H3. The summed E-state index contributed by atoms with van der Waals surface area (Å²) in [7, 11) is 1.70. The summed E-state index contributed by atoms with van der Waals surface area (Å²) in [6, 6.07) is 3.04. The summed E-state index contributed by atoms with van der Waals surface area (Å²) in [6.07, 6.45) is 0.650. The van der Waals surface area contributed by atoms with Gasteiger partial charge in [-0.2, -0.15) is 0 Å². The van der Waals surface area contributed by atoms with Crippen molar-refractivity contribution in [3.05, 3.63) is 38.4 Å². The van der Waals surface area contributed by atoms with Crippen LogP contribution in [0.2, 0.25) is 5.02 Å². The van der Waals surface area contributed by atoms with Crippen LogP contribution in [0.1, 0.15) is 18.1 Å². The second kappa shape index (κ2) is 4.44. The van der Waals surface area contributed by atoms with Crippen LogP contribution in [0.5, 0.6) is 0 Å². The maximum atomic E-state index is 11.1. The summed E-state index contributed by atoms with van der Waals surface area (Å²) in [5, 5.41) is 23.1. The number of nitro benzene ring substituents is 1. The van der Waals surface area contributed by atoms with E-state index < -0.39 is 10.5 Å². The molecule has 1 saturated heterocycles. The van der Waals surface area contributed by atoms with Crippen molar-refractivity contribution < 1.29 is 10.0 Å². The monoisotopic (exact) mass is 312 g/mol. The Hall–Kier alpha value is -1.11. The highest BCUT2D eigenvalue weighted by atomic mass is 35.5. The fourth-order valence-electron chi connectivity index (χ4n) is 3.14. The molecule has 0 bridgehead atoms. The molecule has 1 N–H and O–H groups in total. The van der Waals surface area contributed by atoms with Gasteiger partial charge in [-0.1, -0.05) is 18.5 Å². The first-order valence-corrected chi connectivity index (χ1v) is 7.48. The lowest BCUT2D eigenvalue weighted by atomic mass is 9.84. The van der Waals surface area contributed by atoms with Crippen LogP contribution in [0.3, 0.4) is 0 Å². The molecule has 3 rings (SSSR count). The molecule has 0 saturated carbocycles. The molecule has 0 amide bonds. The molecule has 1 fully saturated rings. The highest BCUT2D eigenvalue weighted by Crippen LogP contribution is 2.56. The number of aliphatic imine (C=N–C) groups is 1. The highest BCUT2D eigenvalue weighted by Gasteiger charge is 2.57. The zero-order valence-corrected chi connectivity index (χ0v) is 12.5. The molecule has 1 aliphatic heterocycles. The molecule has 3 unspecified atom stereocenters. The molecule has 1 aromatic carbocycles. The van der Waals surface area contributed by atoms with Crippen LogP contribution in [0.15, 0.2) is 17.1 Å². The van der Waals surface area contributed by atoms with E-state index >= 15 is 0 Å². The van der Waals surface area contributed by atoms with Gasteiger partial charge in [-0.15, -0.1) is 11.8 Å². The van der Waals surface area contributed by atoms with Gasteiger partial charge in [-0.25, -0.2) is 0 Å². The molecule has 3 atom stereocenters. The number of thioether (sulfide) groups is 1.